The molecule has 1 rings (SSSR count). The zero-order valence-electron chi connectivity index (χ0n) is 9.83. The van der Waals surface area contributed by atoms with Crippen molar-refractivity contribution in [1.82, 2.24) is 5.32 Å². The van der Waals surface area contributed by atoms with Crippen LogP contribution in [0, 0.1) is 5.82 Å². The third-order valence-electron chi connectivity index (χ3n) is 2.06. The summed E-state index contributed by atoms with van der Waals surface area (Å²) in [4.78, 5) is 11.4. The molecule has 0 aliphatic heterocycles. The Labute approximate surface area is 100 Å². The average molecular weight is 240 g/mol. The Balaban J connectivity index is 2.18. The van der Waals surface area contributed by atoms with Crippen LogP contribution in [-0.4, -0.2) is 25.8 Å². The van der Waals surface area contributed by atoms with Crippen molar-refractivity contribution in [2.75, 3.05) is 25.1 Å². The Morgan fingerprint density at radius 2 is 2.06 bits per heavy atom. The maximum absolute atomic E-state index is 12.6. The maximum atomic E-state index is 12.6. The molecule has 94 valence electrons. The van der Waals surface area contributed by atoms with Crippen LogP contribution in [0.5, 0.6) is 0 Å². The highest BCUT2D eigenvalue weighted by atomic mass is 19.1. The van der Waals surface area contributed by atoms with E-state index in [4.69, 9.17) is 4.74 Å². The lowest BCUT2D eigenvalue weighted by atomic mass is 10.3. The van der Waals surface area contributed by atoms with Gasteiger partial charge in [-0.25, -0.2) is 9.18 Å². The van der Waals surface area contributed by atoms with E-state index < -0.39 is 0 Å². The molecule has 0 radical (unpaired) electrons. The van der Waals surface area contributed by atoms with Gasteiger partial charge in [0.15, 0.2) is 0 Å². The number of rotatable bonds is 6. The van der Waals surface area contributed by atoms with Crippen LogP contribution in [0.15, 0.2) is 24.3 Å². The van der Waals surface area contributed by atoms with Gasteiger partial charge in [0.05, 0.1) is 0 Å². The average Bonchev–Trinajstić information content (AvgIpc) is 2.32. The molecule has 4 nitrogen and oxygen atoms in total. The van der Waals surface area contributed by atoms with Crippen LogP contribution in [-0.2, 0) is 4.74 Å². The lowest BCUT2D eigenvalue weighted by Crippen LogP contribution is -2.30. The van der Waals surface area contributed by atoms with Crippen molar-refractivity contribution in [3.8, 4) is 0 Å². The molecular formula is C12H17FN2O2. The Morgan fingerprint density at radius 3 is 2.71 bits per heavy atom. The van der Waals surface area contributed by atoms with Crippen LogP contribution in [0.3, 0.4) is 0 Å². The van der Waals surface area contributed by atoms with Crippen LogP contribution in [0.25, 0.3) is 0 Å². The SMILES string of the molecule is CCOCCCNC(=O)Nc1ccc(F)cc1. The number of anilines is 1. The van der Waals surface area contributed by atoms with Gasteiger partial charge in [-0.1, -0.05) is 0 Å². The summed E-state index contributed by atoms with van der Waals surface area (Å²) in [7, 11) is 0. The van der Waals surface area contributed by atoms with Crippen LogP contribution in [0.1, 0.15) is 13.3 Å². The molecule has 0 heterocycles. The second-order valence-electron chi connectivity index (χ2n) is 3.44. The number of urea groups is 1. The molecule has 0 bridgehead atoms. The molecule has 1 aromatic carbocycles. The zero-order valence-corrected chi connectivity index (χ0v) is 9.83. The minimum absolute atomic E-state index is 0.298. The molecule has 0 unspecified atom stereocenters. The molecule has 0 aromatic heterocycles. The molecule has 0 fully saturated rings. The Morgan fingerprint density at radius 1 is 1.35 bits per heavy atom. The highest BCUT2D eigenvalue weighted by molar-refractivity contribution is 5.89. The molecule has 0 atom stereocenters. The Hall–Kier alpha value is -1.62. The number of amides is 2. The third-order valence-corrected chi connectivity index (χ3v) is 2.06. The van der Waals surface area contributed by atoms with E-state index >= 15 is 0 Å². The van der Waals surface area contributed by atoms with E-state index in [1.165, 1.54) is 24.3 Å². The number of ether oxygens (including phenoxy) is 1. The second-order valence-corrected chi connectivity index (χ2v) is 3.44. The monoisotopic (exact) mass is 240 g/mol. The van der Waals surface area contributed by atoms with E-state index in [9.17, 15) is 9.18 Å². The van der Waals surface area contributed by atoms with Gasteiger partial charge in [-0.3, -0.25) is 0 Å². The predicted octanol–water partition coefficient (Wildman–Crippen LogP) is 2.37. The smallest absolute Gasteiger partial charge is 0.319 e. The van der Waals surface area contributed by atoms with Gasteiger partial charge in [-0.15, -0.1) is 0 Å². The van der Waals surface area contributed by atoms with Crippen molar-refractivity contribution in [3.63, 3.8) is 0 Å². The largest absolute Gasteiger partial charge is 0.382 e. The lowest BCUT2D eigenvalue weighted by molar-refractivity contribution is 0.145. The number of hydrogen-bond acceptors (Lipinski definition) is 2. The van der Waals surface area contributed by atoms with Crippen LogP contribution in [0.4, 0.5) is 14.9 Å². The minimum atomic E-state index is -0.326. The lowest BCUT2D eigenvalue weighted by Gasteiger charge is -2.07. The van der Waals surface area contributed by atoms with Crippen molar-refractivity contribution >= 4 is 11.7 Å². The number of nitrogens with one attached hydrogen (secondary N) is 2. The highest BCUT2D eigenvalue weighted by Gasteiger charge is 2.00. The Kier molecular flexibility index (Phi) is 6.03. The summed E-state index contributed by atoms with van der Waals surface area (Å²) >= 11 is 0. The van der Waals surface area contributed by atoms with E-state index in [1.54, 1.807) is 0 Å². The predicted molar refractivity (Wildman–Crippen MR) is 64.5 cm³/mol. The van der Waals surface area contributed by atoms with Crippen molar-refractivity contribution in [3.05, 3.63) is 30.1 Å². The van der Waals surface area contributed by atoms with Crippen LogP contribution in [0.2, 0.25) is 0 Å². The first-order chi connectivity index (χ1) is 8.22. The fourth-order valence-electron chi connectivity index (χ4n) is 1.23. The molecule has 2 N–H and O–H groups in total. The molecular weight excluding hydrogens is 223 g/mol. The summed E-state index contributed by atoms with van der Waals surface area (Å²) in [5, 5.41) is 5.28. The highest BCUT2D eigenvalue weighted by Crippen LogP contribution is 2.07. The molecule has 5 heteroatoms. The fraction of sp³-hybridized carbons (Fsp3) is 0.417. The first-order valence-electron chi connectivity index (χ1n) is 5.60. The quantitative estimate of drug-likeness (QED) is 0.750. The van der Waals surface area contributed by atoms with Gasteiger partial charge < -0.3 is 15.4 Å². The summed E-state index contributed by atoms with van der Waals surface area (Å²) in [6.07, 6.45) is 0.769. The topological polar surface area (TPSA) is 50.4 Å². The van der Waals surface area contributed by atoms with Gasteiger partial charge >= 0.3 is 6.03 Å². The fourth-order valence-corrected chi connectivity index (χ4v) is 1.23. The Bertz CT molecular complexity index is 341. The first-order valence-corrected chi connectivity index (χ1v) is 5.60. The summed E-state index contributed by atoms with van der Waals surface area (Å²) in [5.41, 5.74) is 0.564. The van der Waals surface area contributed by atoms with E-state index in [1.807, 2.05) is 6.92 Å². The molecule has 0 aliphatic carbocycles. The van der Waals surface area contributed by atoms with Crippen molar-refractivity contribution in [2.24, 2.45) is 0 Å². The van der Waals surface area contributed by atoms with E-state index in [0.717, 1.165) is 6.42 Å². The van der Waals surface area contributed by atoms with Gasteiger partial charge in [0.25, 0.3) is 0 Å². The van der Waals surface area contributed by atoms with Gasteiger partial charge in [0, 0.05) is 25.4 Å². The summed E-state index contributed by atoms with van der Waals surface area (Å²) in [6.45, 7) is 3.79. The van der Waals surface area contributed by atoms with Crippen molar-refractivity contribution in [2.45, 2.75) is 13.3 Å². The third kappa shape index (κ3) is 5.87. The van der Waals surface area contributed by atoms with E-state index in [2.05, 4.69) is 10.6 Å². The second kappa shape index (κ2) is 7.62. The van der Waals surface area contributed by atoms with Gasteiger partial charge in [-0.2, -0.15) is 0 Å². The van der Waals surface area contributed by atoms with Gasteiger partial charge in [0.1, 0.15) is 5.82 Å². The molecule has 0 spiro atoms. The van der Waals surface area contributed by atoms with Crippen molar-refractivity contribution in [1.29, 1.82) is 0 Å². The van der Waals surface area contributed by atoms with E-state index in [0.29, 0.717) is 25.4 Å². The normalized spacial score (nSPS) is 10.0. The molecule has 0 saturated carbocycles. The molecule has 2 amide bonds. The molecule has 1 aromatic rings. The zero-order chi connectivity index (χ0) is 12.5. The summed E-state index contributed by atoms with van der Waals surface area (Å²) < 4.78 is 17.7. The molecule has 17 heavy (non-hydrogen) atoms. The maximum Gasteiger partial charge on any atom is 0.319 e. The van der Waals surface area contributed by atoms with Crippen molar-refractivity contribution < 1.29 is 13.9 Å². The van der Waals surface area contributed by atoms with E-state index in [-0.39, 0.29) is 11.8 Å². The first kappa shape index (κ1) is 13.4. The number of halogens is 1. The number of benzene rings is 1. The number of carbonyl (C=O) groups is 1. The van der Waals surface area contributed by atoms with Crippen LogP contribution >= 0.6 is 0 Å². The summed E-state index contributed by atoms with van der Waals surface area (Å²) in [5.74, 6) is -0.326. The number of carbonyl (C=O) groups excluding carboxylic acids is 1. The van der Waals surface area contributed by atoms with Gasteiger partial charge in [-0.05, 0) is 37.6 Å². The number of hydrogen-bond donors (Lipinski definition) is 2. The van der Waals surface area contributed by atoms with Gasteiger partial charge in [0.2, 0.25) is 0 Å². The van der Waals surface area contributed by atoms with Crippen LogP contribution < -0.4 is 10.6 Å². The standard InChI is InChI=1S/C12H17FN2O2/c1-2-17-9-3-8-14-12(16)15-11-6-4-10(13)5-7-11/h4-7H,2-3,8-9H2,1H3,(H2,14,15,16). The summed E-state index contributed by atoms with van der Waals surface area (Å²) in [6, 6.07) is 5.31. The molecule has 0 saturated heterocycles. The minimum Gasteiger partial charge on any atom is -0.382 e. The molecule has 0 aliphatic rings.